The minimum absolute atomic E-state index is 0.128. The number of hydrogen-bond donors (Lipinski definition) is 1. The van der Waals surface area contributed by atoms with Crippen molar-refractivity contribution in [1.82, 2.24) is 0 Å². The Morgan fingerprint density at radius 3 is 2.76 bits per heavy atom. The highest BCUT2D eigenvalue weighted by Crippen LogP contribution is 2.19. The number of methoxy groups -OCH3 is 1. The van der Waals surface area contributed by atoms with E-state index in [-0.39, 0.29) is 11.5 Å². The van der Waals surface area contributed by atoms with Gasteiger partial charge in [-0.05, 0) is 24.6 Å². The number of ether oxygens (including phenoxy) is 1. The highest BCUT2D eigenvalue weighted by Gasteiger charge is 2.16. The molecular formula is C13H18FNO2. The Hall–Kier alpha value is -1.42. The molecule has 0 aliphatic carbocycles. The zero-order valence-electron chi connectivity index (χ0n) is 10.2. The molecule has 1 aromatic rings. The van der Waals surface area contributed by atoms with E-state index in [0.717, 1.165) is 12.8 Å². The van der Waals surface area contributed by atoms with Crippen LogP contribution in [0.4, 0.5) is 4.39 Å². The van der Waals surface area contributed by atoms with Crippen molar-refractivity contribution in [1.29, 1.82) is 0 Å². The second kappa shape index (κ2) is 6.35. The van der Waals surface area contributed by atoms with Crippen LogP contribution in [0.1, 0.15) is 36.5 Å². The van der Waals surface area contributed by atoms with Gasteiger partial charge < -0.3 is 10.5 Å². The molecule has 1 aromatic carbocycles. The highest BCUT2D eigenvalue weighted by molar-refractivity contribution is 6.00. The van der Waals surface area contributed by atoms with Gasteiger partial charge in [-0.3, -0.25) is 4.79 Å². The first-order valence-electron chi connectivity index (χ1n) is 5.73. The fraction of sp³-hybridized carbons (Fsp3) is 0.462. The number of hydrogen-bond acceptors (Lipinski definition) is 3. The predicted molar refractivity (Wildman–Crippen MR) is 64.8 cm³/mol. The summed E-state index contributed by atoms with van der Waals surface area (Å²) < 4.78 is 18.2. The van der Waals surface area contributed by atoms with Crippen LogP contribution in [0.15, 0.2) is 18.2 Å². The van der Waals surface area contributed by atoms with Crippen molar-refractivity contribution < 1.29 is 13.9 Å². The molecule has 0 saturated heterocycles. The lowest BCUT2D eigenvalue weighted by molar-refractivity contribution is 0.0955. The maximum atomic E-state index is 13.4. The minimum atomic E-state index is -0.553. The van der Waals surface area contributed by atoms with Crippen molar-refractivity contribution in [2.75, 3.05) is 7.11 Å². The molecule has 0 aliphatic heterocycles. The average molecular weight is 239 g/mol. The van der Waals surface area contributed by atoms with Gasteiger partial charge in [0, 0.05) is 5.56 Å². The van der Waals surface area contributed by atoms with Gasteiger partial charge in [-0.25, -0.2) is 4.39 Å². The second-order valence-corrected chi connectivity index (χ2v) is 3.96. The fourth-order valence-electron chi connectivity index (χ4n) is 1.59. The van der Waals surface area contributed by atoms with Gasteiger partial charge in [0.25, 0.3) is 0 Å². The molecule has 3 nitrogen and oxygen atoms in total. The predicted octanol–water partition coefficient (Wildman–Crippen LogP) is 2.53. The lowest BCUT2D eigenvalue weighted by Gasteiger charge is -2.10. The van der Waals surface area contributed by atoms with Crippen molar-refractivity contribution in [3.05, 3.63) is 29.6 Å². The van der Waals surface area contributed by atoms with Crippen LogP contribution in [0.2, 0.25) is 0 Å². The van der Waals surface area contributed by atoms with E-state index in [0.29, 0.717) is 12.0 Å². The van der Waals surface area contributed by atoms with Gasteiger partial charge in [0.15, 0.2) is 17.3 Å². The molecule has 0 fully saturated rings. The number of carbonyl (C=O) groups is 1. The largest absolute Gasteiger partial charge is 0.494 e. The molecule has 94 valence electrons. The summed E-state index contributed by atoms with van der Waals surface area (Å²) in [5, 5.41) is 0. The number of unbranched alkanes of at least 4 members (excludes halogenated alkanes) is 1. The van der Waals surface area contributed by atoms with Crippen LogP contribution >= 0.6 is 0 Å². The Morgan fingerprint density at radius 2 is 2.24 bits per heavy atom. The third-order valence-corrected chi connectivity index (χ3v) is 2.64. The van der Waals surface area contributed by atoms with Crippen molar-refractivity contribution in [3.63, 3.8) is 0 Å². The lowest BCUT2D eigenvalue weighted by Crippen LogP contribution is -2.30. The van der Waals surface area contributed by atoms with E-state index < -0.39 is 11.9 Å². The number of benzene rings is 1. The van der Waals surface area contributed by atoms with Crippen molar-refractivity contribution >= 4 is 5.78 Å². The Kier molecular flexibility index (Phi) is 5.10. The summed E-state index contributed by atoms with van der Waals surface area (Å²) in [7, 11) is 1.38. The van der Waals surface area contributed by atoms with Gasteiger partial charge in [0.1, 0.15) is 0 Å². The molecule has 0 spiro atoms. The first kappa shape index (κ1) is 13.6. The van der Waals surface area contributed by atoms with Gasteiger partial charge in [-0.1, -0.05) is 19.8 Å². The molecule has 1 atom stereocenters. The molecule has 0 aliphatic rings. The summed E-state index contributed by atoms with van der Waals surface area (Å²) in [5.41, 5.74) is 6.05. The van der Waals surface area contributed by atoms with Crippen LogP contribution in [-0.4, -0.2) is 18.9 Å². The summed E-state index contributed by atoms with van der Waals surface area (Å²) in [4.78, 5) is 11.9. The van der Waals surface area contributed by atoms with Crippen LogP contribution in [0.5, 0.6) is 5.75 Å². The molecule has 17 heavy (non-hydrogen) atoms. The van der Waals surface area contributed by atoms with Gasteiger partial charge in [0.05, 0.1) is 13.2 Å². The van der Waals surface area contributed by atoms with E-state index in [9.17, 15) is 9.18 Å². The summed E-state index contributed by atoms with van der Waals surface area (Å²) in [6, 6.07) is 3.60. The molecule has 0 bridgehead atoms. The minimum Gasteiger partial charge on any atom is -0.494 e. The van der Waals surface area contributed by atoms with Gasteiger partial charge in [0.2, 0.25) is 0 Å². The van der Waals surface area contributed by atoms with Crippen molar-refractivity contribution in [2.45, 2.75) is 32.2 Å². The molecule has 1 rings (SSSR count). The number of Topliss-reactive ketones (excluding diaryl/α,β-unsaturated/α-hetero) is 1. The van der Waals surface area contributed by atoms with E-state index in [2.05, 4.69) is 0 Å². The maximum Gasteiger partial charge on any atom is 0.179 e. The first-order valence-corrected chi connectivity index (χ1v) is 5.73. The summed E-state index contributed by atoms with van der Waals surface area (Å²) in [5.74, 6) is -0.635. The molecule has 0 radical (unpaired) electrons. The van der Waals surface area contributed by atoms with Crippen molar-refractivity contribution in [3.8, 4) is 5.75 Å². The average Bonchev–Trinajstić information content (AvgIpc) is 2.34. The third-order valence-electron chi connectivity index (χ3n) is 2.64. The monoisotopic (exact) mass is 239 g/mol. The molecule has 4 heteroatoms. The van der Waals surface area contributed by atoms with Crippen LogP contribution in [0.3, 0.4) is 0 Å². The Labute approximate surface area is 101 Å². The van der Waals surface area contributed by atoms with Crippen molar-refractivity contribution in [2.24, 2.45) is 5.73 Å². The maximum absolute atomic E-state index is 13.4. The van der Waals surface area contributed by atoms with Crippen LogP contribution in [0.25, 0.3) is 0 Å². The zero-order valence-corrected chi connectivity index (χ0v) is 10.2. The Bertz CT molecular complexity index is 393. The lowest BCUT2D eigenvalue weighted by atomic mass is 10.00. The van der Waals surface area contributed by atoms with Gasteiger partial charge in [-0.2, -0.15) is 0 Å². The number of rotatable bonds is 6. The molecule has 0 aromatic heterocycles. The summed E-state index contributed by atoms with van der Waals surface area (Å²) >= 11 is 0. The topological polar surface area (TPSA) is 52.3 Å². The van der Waals surface area contributed by atoms with E-state index in [4.69, 9.17) is 10.5 Å². The van der Waals surface area contributed by atoms with Crippen LogP contribution in [0, 0.1) is 5.82 Å². The Morgan fingerprint density at radius 1 is 1.53 bits per heavy atom. The number of ketones is 1. The molecule has 2 N–H and O–H groups in total. The number of halogens is 1. The number of carbonyl (C=O) groups excluding carboxylic acids is 1. The molecule has 1 unspecified atom stereocenters. The summed E-state index contributed by atoms with van der Waals surface area (Å²) in [6.07, 6.45) is 2.51. The summed E-state index contributed by atoms with van der Waals surface area (Å²) in [6.45, 7) is 2.03. The second-order valence-electron chi connectivity index (χ2n) is 3.96. The third kappa shape index (κ3) is 3.53. The fourth-order valence-corrected chi connectivity index (χ4v) is 1.59. The van der Waals surface area contributed by atoms with E-state index in [1.54, 1.807) is 0 Å². The standard InChI is InChI=1S/C13H18FNO2/c1-3-4-5-11(15)13(16)9-6-7-12(17-2)10(14)8-9/h6-8,11H,3-5,15H2,1-2H3. The van der Waals surface area contributed by atoms with Crippen LogP contribution in [-0.2, 0) is 0 Å². The van der Waals surface area contributed by atoms with Gasteiger partial charge in [-0.15, -0.1) is 0 Å². The van der Waals surface area contributed by atoms with E-state index in [1.165, 1.54) is 25.3 Å². The molecule has 0 amide bonds. The first-order chi connectivity index (χ1) is 8.10. The molecular weight excluding hydrogens is 221 g/mol. The normalized spacial score (nSPS) is 12.2. The highest BCUT2D eigenvalue weighted by atomic mass is 19.1. The number of nitrogens with two attached hydrogens (primary N) is 1. The van der Waals surface area contributed by atoms with E-state index in [1.807, 2.05) is 6.92 Å². The van der Waals surface area contributed by atoms with E-state index >= 15 is 0 Å². The zero-order chi connectivity index (χ0) is 12.8. The van der Waals surface area contributed by atoms with Gasteiger partial charge >= 0.3 is 0 Å². The molecule has 0 saturated carbocycles. The van der Waals surface area contributed by atoms with Crippen LogP contribution < -0.4 is 10.5 Å². The smallest absolute Gasteiger partial charge is 0.179 e. The Balaban J connectivity index is 2.78. The quantitative estimate of drug-likeness (QED) is 0.776. The SMILES string of the molecule is CCCCC(N)C(=O)c1ccc(OC)c(F)c1. The molecule has 0 heterocycles.